The number of hydrogen-bond acceptors (Lipinski definition) is 4. The van der Waals surface area contributed by atoms with Crippen molar-refractivity contribution in [2.45, 2.75) is 13.0 Å². The Labute approximate surface area is 198 Å². The summed E-state index contributed by atoms with van der Waals surface area (Å²) >= 11 is 9.80. The van der Waals surface area contributed by atoms with Crippen LogP contribution in [0, 0.1) is 0 Å². The normalized spacial score (nSPS) is 12.9. The number of aromatic nitrogens is 3. The van der Waals surface area contributed by atoms with Gasteiger partial charge in [-0.25, -0.2) is 9.97 Å². The van der Waals surface area contributed by atoms with Crippen LogP contribution in [-0.2, 0) is 13.0 Å². The van der Waals surface area contributed by atoms with Crippen molar-refractivity contribution in [3.63, 3.8) is 0 Å². The highest BCUT2D eigenvalue weighted by atomic mass is 79.9. The summed E-state index contributed by atoms with van der Waals surface area (Å²) in [6.45, 7) is 0.956. The second kappa shape index (κ2) is 8.76. The molecule has 1 aliphatic rings. The molecule has 0 unspecified atom stereocenters. The predicted octanol–water partition coefficient (Wildman–Crippen LogP) is 5.42. The molecule has 2 aromatic carbocycles. The number of ether oxygens (including phenoxy) is 1. The van der Waals surface area contributed by atoms with Crippen LogP contribution in [0.4, 0.5) is 0 Å². The Balaban J connectivity index is 1.48. The Kier molecular flexibility index (Phi) is 5.68. The summed E-state index contributed by atoms with van der Waals surface area (Å²) in [5.41, 5.74) is 4.72. The van der Waals surface area contributed by atoms with Crippen LogP contribution in [0.5, 0.6) is 5.75 Å². The van der Waals surface area contributed by atoms with E-state index in [4.69, 9.17) is 21.3 Å². The molecule has 1 amide bonds. The summed E-state index contributed by atoms with van der Waals surface area (Å²) in [4.78, 5) is 24.7. The molecule has 0 saturated heterocycles. The molecular formula is C24H18BrClN4O2. The van der Waals surface area contributed by atoms with Crippen molar-refractivity contribution in [2.75, 3.05) is 6.54 Å². The van der Waals surface area contributed by atoms with Gasteiger partial charge in [0.2, 0.25) is 0 Å². The second-order valence-corrected chi connectivity index (χ2v) is 8.69. The molecule has 0 aliphatic carbocycles. The lowest BCUT2D eigenvalue weighted by atomic mass is 10.1. The number of nitrogens with zero attached hydrogens (tertiary/aromatic N) is 2. The van der Waals surface area contributed by atoms with Gasteiger partial charge in [-0.3, -0.25) is 4.79 Å². The second-order valence-electron chi connectivity index (χ2n) is 7.37. The van der Waals surface area contributed by atoms with E-state index in [2.05, 4.69) is 31.2 Å². The van der Waals surface area contributed by atoms with Gasteiger partial charge in [0, 0.05) is 39.9 Å². The van der Waals surface area contributed by atoms with Gasteiger partial charge in [-0.15, -0.1) is 0 Å². The van der Waals surface area contributed by atoms with E-state index in [0.29, 0.717) is 41.0 Å². The number of carbonyl (C=O) groups is 1. The third-order valence-corrected chi connectivity index (χ3v) is 6.12. The number of nitrogens with one attached hydrogen (secondary N) is 2. The van der Waals surface area contributed by atoms with E-state index < -0.39 is 0 Å². The van der Waals surface area contributed by atoms with E-state index in [1.54, 1.807) is 6.20 Å². The van der Waals surface area contributed by atoms with Gasteiger partial charge in [0.1, 0.15) is 12.4 Å². The van der Waals surface area contributed by atoms with Crippen LogP contribution in [0.2, 0.25) is 5.02 Å². The fourth-order valence-corrected chi connectivity index (χ4v) is 4.20. The maximum Gasteiger partial charge on any atom is 0.253 e. The number of amides is 1. The zero-order valence-electron chi connectivity index (χ0n) is 16.9. The average Bonchev–Trinajstić information content (AvgIpc) is 3.25. The van der Waals surface area contributed by atoms with Gasteiger partial charge in [-0.2, -0.15) is 0 Å². The fraction of sp³-hybridized carbons (Fsp3) is 0.125. The van der Waals surface area contributed by atoms with Gasteiger partial charge >= 0.3 is 0 Å². The van der Waals surface area contributed by atoms with Crippen LogP contribution in [0.15, 0.2) is 65.3 Å². The largest absolute Gasteiger partial charge is 0.488 e. The molecule has 4 aromatic rings. The highest BCUT2D eigenvalue weighted by molar-refractivity contribution is 9.10. The summed E-state index contributed by atoms with van der Waals surface area (Å²) in [5, 5.41) is 3.52. The first kappa shape index (κ1) is 20.7. The Morgan fingerprint density at radius 1 is 1.09 bits per heavy atom. The smallest absolute Gasteiger partial charge is 0.253 e. The van der Waals surface area contributed by atoms with Crippen LogP contribution in [0.1, 0.15) is 21.6 Å². The van der Waals surface area contributed by atoms with Crippen molar-refractivity contribution < 1.29 is 9.53 Å². The van der Waals surface area contributed by atoms with Crippen LogP contribution >= 0.6 is 27.5 Å². The summed E-state index contributed by atoms with van der Waals surface area (Å²) < 4.78 is 6.98. The highest BCUT2D eigenvalue weighted by Gasteiger charge is 2.21. The Morgan fingerprint density at radius 3 is 2.81 bits per heavy atom. The highest BCUT2D eigenvalue weighted by Crippen LogP contribution is 2.33. The lowest BCUT2D eigenvalue weighted by Crippen LogP contribution is -2.31. The Morgan fingerprint density at radius 2 is 1.97 bits per heavy atom. The van der Waals surface area contributed by atoms with Crippen molar-refractivity contribution in [1.82, 2.24) is 20.3 Å². The zero-order valence-corrected chi connectivity index (χ0v) is 19.2. The topological polar surface area (TPSA) is 79.9 Å². The molecule has 1 aliphatic heterocycles. The fourth-order valence-electron chi connectivity index (χ4n) is 3.64. The lowest BCUT2D eigenvalue weighted by molar-refractivity contribution is 0.0946. The van der Waals surface area contributed by atoms with Crippen molar-refractivity contribution in [3.05, 3.63) is 87.1 Å². The molecule has 3 heterocycles. The van der Waals surface area contributed by atoms with Crippen LogP contribution in [0.25, 0.3) is 22.8 Å². The molecule has 2 N–H and O–H groups in total. The molecule has 0 spiro atoms. The first-order valence-electron chi connectivity index (χ1n) is 10.1. The maximum atomic E-state index is 12.1. The first-order valence-corrected chi connectivity index (χ1v) is 11.3. The monoisotopic (exact) mass is 508 g/mol. The molecule has 5 rings (SSSR count). The van der Waals surface area contributed by atoms with Gasteiger partial charge in [0.25, 0.3) is 5.91 Å². The van der Waals surface area contributed by atoms with E-state index in [0.717, 1.165) is 33.4 Å². The summed E-state index contributed by atoms with van der Waals surface area (Å²) in [5.74, 6) is 1.11. The third-order valence-electron chi connectivity index (χ3n) is 5.26. The number of fused-ring (bicyclic) bond motifs is 1. The van der Waals surface area contributed by atoms with Crippen molar-refractivity contribution >= 4 is 33.4 Å². The average molecular weight is 510 g/mol. The zero-order chi connectivity index (χ0) is 22.1. The minimum Gasteiger partial charge on any atom is -0.488 e. The van der Waals surface area contributed by atoms with Gasteiger partial charge in [0.05, 0.1) is 22.5 Å². The van der Waals surface area contributed by atoms with E-state index in [-0.39, 0.29) is 5.91 Å². The number of aromatic amines is 1. The molecule has 32 heavy (non-hydrogen) atoms. The molecule has 0 atom stereocenters. The van der Waals surface area contributed by atoms with Gasteiger partial charge in [-0.05, 0) is 36.4 Å². The lowest BCUT2D eigenvalue weighted by Gasteiger charge is -2.12. The quantitative estimate of drug-likeness (QED) is 0.376. The molecule has 0 radical (unpaired) electrons. The van der Waals surface area contributed by atoms with Crippen LogP contribution in [-0.4, -0.2) is 27.4 Å². The van der Waals surface area contributed by atoms with Crippen molar-refractivity contribution in [2.24, 2.45) is 0 Å². The SMILES string of the molecule is O=C1NCCc2[nH]c(-c3ccnc(-c4cc(Br)ccc4OCc4ccccc4Cl)n3)cc21. The molecule has 8 heteroatoms. The molecule has 0 saturated carbocycles. The summed E-state index contributed by atoms with van der Waals surface area (Å²) in [7, 11) is 0. The number of halogens is 2. The van der Waals surface area contributed by atoms with Gasteiger partial charge in [-0.1, -0.05) is 45.7 Å². The molecule has 0 bridgehead atoms. The van der Waals surface area contributed by atoms with E-state index in [9.17, 15) is 4.79 Å². The van der Waals surface area contributed by atoms with Crippen LogP contribution < -0.4 is 10.1 Å². The summed E-state index contributed by atoms with van der Waals surface area (Å²) in [6.07, 6.45) is 2.47. The Bertz CT molecular complexity index is 1320. The van der Waals surface area contributed by atoms with Gasteiger partial charge in [0.15, 0.2) is 5.82 Å². The first-order chi connectivity index (χ1) is 15.6. The van der Waals surface area contributed by atoms with Crippen molar-refractivity contribution in [3.8, 4) is 28.5 Å². The number of carbonyl (C=O) groups excluding carboxylic acids is 1. The molecule has 160 valence electrons. The maximum absolute atomic E-state index is 12.1. The number of H-pyrrole nitrogens is 1. The Hall–Kier alpha value is -3.16. The summed E-state index contributed by atoms with van der Waals surface area (Å²) in [6, 6.07) is 17.0. The number of benzene rings is 2. The van der Waals surface area contributed by atoms with Gasteiger partial charge < -0.3 is 15.0 Å². The molecule has 0 fully saturated rings. The molecular weight excluding hydrogens is 492 g/mol. The third kappa shape index (κ3) is 4.13. The minimum absolute atomic E-state index is 0.0646. The number of rotatable bonds is 5. The van der Waals surface area contributed by atoms with E-state index >= 15 is 0 Å². The van der Waals surface area contributed by atoms with E-state index in [1.165, 1.54) is 0 Å². The molecule has 2 aromatic heterocycles. The van der Waals surface area contributed by atoms with E-state index in [1.807, 2.05) is 54.6 Å². The molecule has 6 nitrogen and oxygen atoms in total. The standard InChI is InChI=1S/C24H18BrClN4O2/c25-15-5-6-22(32-13-14-3-1-2-4-18(14)26)17(11-15)23-27-9-8-20(30-23)21-12-16-19(29-21)7-10-28-24(16)31/h1-6,8-9,11-12,29H,7,10,13H2,(H,28,31). The van der Waals surface area contributed by atoms with Crippen molar-refractivity contribution in [1.29, 1.82) is 0 Å². The predicted molar refractivity (Wildman–Crippen MR) is 127 cm³/mol. The van der Waals surface area contributed by atoms with Crippen LogP contribution in [0.3, 0.4) is 0 Å². The minimum atomic E-state index is -0.0646. The number of hydrogen-bond donors (Lipinski definition) is 2.